The Morgan fingerprint density at radius 2 is 2.25 bits per heavy atom. The molecule has 0 spiro atoms. The topological polar surface area (TPSA) is 34.9 Å². The molecule has 1 heterocycles. The molecule has 16 heavy (non-hydrogen) atoms. The van der Waals surface area contributed by atoms with Gasteiger partial charge in [0.05, 0.1) is 11.3 Å². The van der Waals surface area contributed by atoms with Gasteiger partial charge in [0.15, 0.2) is 5.78 Å². The van der Waals surface area contributed by atoms with Crippen molar-refractivity contribution in [3.63, 3.8) is 0 Å². The highest BCUT2D eigenvalue weighted by molar-refractivity contribution is 6.05. The Hall–Kier alpha value is -1.38. The van der Waals surface area contributed by atoms with Gasteiger partial charge in [0, 0.05) is 12.7 Å². The fourth-order valence-electron chi connectivity index (χ4n) is 1.52. The number of hydrogen-bond donors (Lipinski definition) is 0. The molecule has 0 fully saturated rings. The third-order valence-electron chi connectivity index (χ3n) is 2.53. The van der Waals surface area contributed by atoms with Crippen molar-refractivity contribution < 1.29 is 4.79 Å². The molecule has 0 saturated heterocycles. The zero-order chi connectivity index (χ0) is 12.0. The first-order valence-electron chi connectivity index (χ1n) is 5.94. The van der Waals surface area contributed by atoms with Gasteiger partial charge in [-0.15, -0.1) is 0 Å². The number of unbranched alkanes of at least 4 members (excludes halogenated alkanes) is 2. The molecule has 0 aliphatic rings. The maximum atomic E-state index is 11.8. The highest BCUT2D eigenvalue weighted by atomic mass is 16.1. The molecule has 3 nitrogen and oxygen atoms in total. The summed E-state index contributed by atoms with van der Waals surface area (Å²) in [5.74, 6) is 0.0632. The quantitative estimate of drug-likeness (QED) is 0.419. The Morgan fingerprint density at radius 1 is 1.50 bits per heavy atom. The molecular weight excluding hydrogens is 200 g/mol. The minimum atomic E-state index is 0.0632. The second-order valence-corrected chi connectivity index (χ2v) is 3.89. The third-order valence-corrected chi connectivity index (χ3v) is 2.53. The van der Waals surface area contributed by atoms with E-state index in [4.69, 9.17) is 0 Å². The van der Waals surface area contributed by atoms with Crippen molar-refractivity contribution in [2.24, 2.45) is 0 Å². The van der Waals surface area contributed by atoms with Crippen LogP contribution < -0.4 is 0 Å². The number of nitrogens with zero attached hydrogens (tertiary/aromatic N) is 2. The number of rotatable bonds is 6. The molecule has 1 aromatic heterocycles. The molecule has 1 aromatic rings. The van der Waals surface area contributed by atoms with E-state index in [1.807, 2.05) is 26.1 Å². The molecular formula is C13H20N2O. The van der Waals surface area contributed by atoms with Crippen LogP contribution in [0.25, 0.3) is 0 Å². The number of aryl methyl sites for hydroxylation is 2. The minimum Gasteiger partial charge on any atom is -0.289 e. The molecule has 0 aromatic carbocycles. The third kappa shape index (κ3) is 3.33. The lowest BCUT2D eigenvalue weighted by Crippen LogP contribution is -1.94. The monoisotopic (exact) mass is 220 g/mol. The van der Waals surface area contributed by atoms with Crippen LogP contribution >= 0.6 is 0 Å². The fraction of sp³-hybridized carbons (Fsp3) is 0.538. The van der Waals surface area contributed by atoms with E-state index in [0.717, 1.165) is 37.1 Å². The molecule has 0 unspecified atom stereocenters. The van der Waals surface area contributed by atoms with Gasteiger partial charge in [0.1, 0.15) is 0 Å². The lowest BCUT2D eigenvalue weighted by Gasteiger charge is -1.91. The van der Waals surface area contributed by atoms with Crippen LogP contribution in [-0.4, -0.2) is 15.6 Å². The van der Waals surface area contributed by atoms with E-state index in [-0.39, 0.29) is 5.78 Å². The van der Waals surface area contributed by atoms with Gasteiger partial charge in [0.25, 0.3) is 0 Å². The van der Waals surface area contributed by atoms with Gasteiger partial charge in [-0.2, -0.15) is 5.10 Å². The predicted octanol–water partition coefficient (Wildman–Crippen LogP) is 3.14. The fourth-order valence-corrected chi connectivity index (χ4v) is 1.52. The molecule has 3 heteroatoms. The Morgan fingerprint density at radius 3 is 2.81 bits per heavy atom. The van der Waals surface area contributed by atoms with Gasteiger partial charge in [-0.1, -0.05) is 25.8 Å². The second-order valence-electron chi connectivity index (χ2n) is 3.89. The summed E-state index contributed by atoms with van der Waals surface area (Å²) < 4.78 is 1.79. The van der Waals surface area contributed by atoms with E-state index in [2.05, 4.69) is 12.0 Å². The predicted molar refractivity (Wildman–Crippen MR) is 65.6 cm³/mol. The zero-order valence-electron chi connectivity index (χ0n) is 10.4. The average molecular weight is 220 g/mol. The van der Waals surface area contributed by atoms with Crippen molar-refractivity contribution in [2.75, 3.05) is 0 Å². The number of allylic oxidation sites excluding steroid dienone is 2. The van der Waals surface area contributed by atoms with Crippen LogP contribution in [0.2, 0.25) is 0 Å². The average Bonchev–Trinajstić information content (AvgIpc) is 2.66. The van der Waals surface area contributed by atoms with Gasteiger partial charge in [0.2, 0.25) is 0 Å². The Balaban J connectivity index is 2.65. The van der Waals surface area contributed by atoms with Crippen LogP contribution in [0.15, 0.2) is 18.3 Å². The van der Waals surface area contributed by atoms with Gasteiger partial charge < -0.3 is 0 Å². The van der Waals surface area contributed by atoms with Crippen molar-refractivity contribution in [1.82, 2.24) is 9.78 Å². The van der Waals surface area contributed by atoms with Crippen molar-refractivity contribution >= 4 is 5.78 Å². The number of ketones is 1. The largest absolute Gasteiger partial charge is 0.289 e. The molecule has 0 radical (unpaired) electrons. The highest BCUT2D eigenvalue weighted by Gasteiger charge is 2.09. The summed E-state index contributed by atoms with van der Waals surface area (Å²) in [5, 5.41) is 4.26. The van der Waals surface area contributed by atoms with E-state index >= 15 is 0 Å². The summed E-state index contributed by atoms with van der Waals surface area (Å²) in [5.41, 5.74) is 1.53. The first kappa shape index (κ1) is 12.7. The van der Waals surface area contributed by atoms with Gasteiger partial charge in [-0.25, -0.2) is 0 Å². The van der Waals surface area contributed by atoms with Crippen molar-refractivity contribution in [1.29, 1.82) is 0 Å². The lowest BCUT2D eigenvalue weighted by molar-refractivity contribution is 0.104. The van der Waals surface area contributed by atoms with Gasteiger partial charge >= 0.3 is 0 Å². The van der Waals surface area contributed by atoms with Gasteiger partial charge in [-0.05, 0) is 26.3 Å². The number of carbonyl (C=O) groups excluding carboxylic acids is 1. The number of hydrogen-bond acceptors (Lipinski definition) is 2. The maximum absolute atomic E-state index is 11.8. The van der Waals surface area contributed by atoms with Crippen LogP contribution in [0.1, 0.15) is 49.2 Å². The molecule has 0 saturated carbocycles. The molecule has 0 aliphatic carbocycles. The molecule has 0 amide bonds. The van der Waals surface area contributed by atoms with E-state index in [1.165, 1.54) is 0 Å². The smallest absolute Gasteiger partial charge is 0.188 e. The molecule has 0 atom stereocenters. The van der Waals surface area contributed by atoms with Crippen LogP contribution in [0.4, 0.5) is 0 Å². The van der Waals surface area contributed by atoms with Crippen LogP contribution in [0.3, 0.4) is 0 Å². The summed E-state index contributed by atoms with van der Waals surface area (Å²) in [6.07, 6.45) is 8.71. The Kier molecular flexibility index (Phi) is 4.96. The van der Waals surface area contributed by atoms with E-state index in [9.17, 15) is 4.79 Å². The second kappa shape index (κ2) is 6.26. The standard InChI is InChI=1S/C13H20N2O/c1-4-6-7-8-9-13(16)12-10-15(5-2)14-11(12)3/h8-10H,4-7H2,1-3H3/b9-8+. The van der Waals surface area contributed by atoms with Crippen molar-refractivity contribution in [3.05, 3.63) is 29.6 Å². The number of carbonyl (C=O) groups is 1. The summed E-state index contributed by atoms with van der Waals surface area (Å²) in [6.45, 7) is 6.83. The molecule has 88 valence electrons. The SMILES string of the molecule is CCCC/C=C/C(=O)c1cn(CC)nc1C. The van der Waals surface area contributed by atoms with Crippen LogP contribution in [0, 0.1) is 6.92 Å². The molecule has 0 N–H and O–H groups in total. The summed E-state index contributed by atoms with van der Waals surface area (Å²) in [6, 6.07) is 0. The maximum Gasteiger partial charge on any atom is 0.188 e. The summed E-state index contributed by atoms with van der Waals surface area (Å²) in [4.78, 5) is 11.8. The minimum absolute atomic E-state index is 0.0632. The summed E-state index contributed by atoms with van der Waals surface area (Å²) in [7, 11) is 0. The Bertz CT molecular complexity index is 377. The lowest BCUT2D eigenvalue weighted by atomic mass is 10.1. The van der Waals surface area contributed by atoms with Crippen LogP contribution in [0.5, 0.6) is 0 Å². The van der Waals surface area contributed by atoms with E-state index < -0.39 is 0 Å². The van der Waals surface area contributed by atoms with Crippen molar-refractivity contribution in [2.45, 2.75) is 46.6 Å². The molecule has 1 rings (SSSR count). The van der Waals surface area contributed by atoms with Crippen molar-refractivity contribution in [3.8, 4) is 0 Å². The molecule has 0 bridgehead atoms. The van der Waals surface area contributed by atoms with Gasteiger partial charge in [-0.3, -0.25) is 9.48 Å². The van der Waals surface area contributed by atoms with E-state index in [0.29, 0.717) is 0 Å². The Labute approximate surface area is 97.2 Å². The highest BCUT2D eigenvalue weighted by Crippen LogP contribution is 2.08. The normalized spacial score (nSPS) is 11.2. The summed E-state index contributed by atoms with van der Waals surface area (Å²) >= 11 is 0. The van der Waals surface area contributed by atoms with E-state index in [1.54, 1.807) is 10.8 Å². The number of aromatic nitrogens is 2. The first-order chi connectivity index (χ1) is 7.69. The first-order valence-corrected chi connectivity index (χ1v) is 5.94. The van der Waals surface area contributed by atoms with Crippen LogP contribution in [-0.2, 0) is 6.54 Å². The zero-order valence-corrected chi connectivity index (χ0v) is 10.4. The molecule has 0 aliphatic heterocycles.